The molecule has 0 aromatic heterocycles. The Hall–Kier alpha value is -3.44. The zero-order valence-corrected chi connectivity index (χ0v) is 19.7. The number of benzene rings is 2. The van der Waals surface area contributed by atoms with Gasteiger partial charge in [0.25, 0.3) is 11.8 Å². The van der Waals surface area contributed by atoms with Crippen molar-refractivity contribution in [1.29, 1.82) is 0 Å². The molecule has 0 spiro atoms. The monoisotopic (exact) mass is 487 g/mol. The number of imide groups is 1. The maximum atomic E-state index is 12.9. The fraction of sp³-hybridized carbons (Fsp3) is 0.348. The van der Waals surface area contributed by atoms with Crippen molar-refractivity contribution in [3.8, 4) is 11.5 Å². The highest BCUT2D eigenvalue weighted by atomic mass is 32.2. The van der Waals surface area contributed by atoms with Gasteiger partial charge in [-0.25, -0.2) is 8.42 Å². The van der Waals surface area contributed by atoms with Crippen molar-refractivity contribution in [2.24, 2.45) is 0 Å². The first-order chi connectivity index (χ1) is 16.2. The van der Waals surface area contributed by atoms with Gasteiger partial charge in [0.1, 0.15) is 6.54 Å². The van der Waals surface area contributed by atoms with Gasteiger partial charge >= 0.3 is 0 Å². The maximum absolute atomic E-state index is 12.9. The molecule has 0 saturated carbocycles. The summed E-state index contributed by atoms with van der Waals surface area (Å²) in [7, 11) is -0.582. The van der Waals surface area contributed by atoms with E-state index in [1.165, 1.54) is 23.5 Å². The SMILES string of the molecule is COc1cc2c(cc1OC)CN(S(=O)(=O)CCNC(=O)CN1C(=O)c3ccccc3C1=O)CC2. The molecule has 11 heteroatoms. The van der Waals surface area contributed by atoms with Crippen LogP contribution in [0.5, 0.6) is 11.5 Å². The average Bonchev–Trinajstić information content (AvgIpc) is 3.07. The number of hydrogen-bond donors (Lipinski definition) is 1. The van der Waals surface area contributed by atoms with Gasteiger partial charge in [-0.2, -0.15) is 4.31 Å². The lowest BCUT2D eigenvalue weighted by molar-refractivity contribution is -0.121. The molecule has 4 rings (SSSR count). The summed E-state index contributed by atoms with van der Waals surface area (Å²) in [5.74, 6) is -0.863. The van der Waals surface area contributed by atoms with E-state index in [1.807, 2.05) is 6.07 Å². The topological polar surface area (TPSA) is 122 Å². The number of ether oxygens (including phenoxy) is 2. The van der Waals surface area contributed by atoms with Gasteiger partial charge in [0.05, 0.1) is 31.1 Å². The smallest absolute Gasteiger partial charge is 0.262 e. The number of nitrogens with zero attached hydrogens (tertiary/aromatic N) is 2. The summed E-state index contributed by atoms with van der Waals surface area (Å²) < 4.78 is 37.7. The Labute approximate surface area is 197 Å². The van der Waals surface area contributed by atoms with Gasteiger partial charge in [-0.05, 0) is 41.8 Å². The molecule has 0 aliphatic carbocycles. The summed E-state index contributed by atoms with van der Waals surface area (Å²) >= 11 is 0. The quantitative estimate of drug-likeness (QED) is 0.547. The molecule has 2 aliphatic heterocycles. The van der Waals surface area contributed by atoms with E-state index in [0.717, 1.165) is 16.0 Å². The largest absolute Gasteiger partial charge is 0.493 e. The number of nitrogens with one attached hydrogen (secondary N) is 1. The summed E-state index contributed by atoms with van der Waals surface area (Å²) in [6.45, 7) is -0.0977. The molecule has 2 heterocycles. The fourth-order valence-corrected chi connectivity index (χ4v) is 5.45. The van der Waals surface area contributed by atoms with Gasteiger partial charge in [0.2, 0.25) is 15.9 Å². The second-order valence-electron chi connectivity index (χ2n) is 7.97. The first-order valence-electron chi connectivity index (χ1n) is 10.7. The molecule has 10 nitrogen and oxygen atoms in total. The summed E-state index contributed by atoms with van der Waals surface area (Å²) in [4.78, 5) is 37.9. The lowest BCUT2D eigenvalue weighted by atomic mass is 10.0. The number of hydrogen-bond acceptors (Lipinski definition) is 7. The fourth-order valence-electron chi connectivity index (χ4n) is 4.13. The molecule has 0 atom stereocenters. The van der Waals surface area contributed by atoms with E-state index in [4.69, 9.17) is 9.47 Å². The Kier molecular flexibility index (Phi) is 6.58. The minimum Gasteiger partial charge on any atom is -0.493 e. The second-order valence-corrected chi connectivity index (χ2v) is 10.1. The Morgan fingerprint density at radius 2 is 1.59 bits per heavy atom. The van der Waals surface area contributed by atoms with E-state index in [1.54, 1.807) is 25.3 Å². The number of carbonyl (C=O) groups excluding carboxylic acids is 3. The average molecular weight is 488 g/mol. The molecule has 0 radical (unpaired) electrons. The zero-order chi connectivity index (χ0) is 24.5. The van der Waals surface area contributed by atoms with Crippen molar-refractivity contribution in [3.05, 3.63) is 58.7 Å². The molecule has 2 aromatic carbocycles. The first kappa shape index (κ1) is 23.7. The molecular formula is C23H25N3O7S. The number of carbonyl (C=O) groups is 3. The van der Waals surface area contributed by atoms with Crippen molar-refractivity contribution in [1.82, 2.24) is 14.5 Å². The summed E-state index contributed by atoms with van der Waals surface area (Å²) in [5, 5.41) is 2.50. The van der Waals surface area contributed by atoms with E-state index < -0.39 is 34.3 Å². The van der Waals surface area contributed by atoms with Crippen LogP contribution in [0.4, 0.5) is 0 Å². The highest BCUT2D eigenvalue weighted by Crippen LogP contribution is 2.33. The van der Waals surface area contributed by atoms with Crippen molar-refractivity contribution in [2.45, 2.75) is 13.0 Å². The van der Waals surface area contributed by atoms with Crippen molar-refractivity contribution < 1.29 is 32.3 Å². The lowest BCUT2D eigenvalue weighted by Gasteiger charge is -2.29. The van der Waals surface area contributed by atoms with Crippen LogP contribution in [0.25, 0.3) is 0 Å². The number of sulfonamides is 1. The Bertz CT molecular complexity index is 1220. The van der Waals surface area contributed by atoms with Crippen LogP contribution < -0.4 is 14.8 Å². The predicted octanol–water partition coefficient (Wildman–Crippen LogP) is 0.804. The van der Waals surface area contributed by atoms with Crippen LogP contribution >= 0.6 is 0 Å². The third kappa shape index (κ3) is 4.48. The Morgan fingerprint density at radius 3 is 2.18 bits per heavy atom. The molecular weight excluding hydrogens is 462 g/mol. The maximum Gasteiger partial charge on any atom is 0.262 e. The predicted molar refractivity (Wildman–Crippen MR) is 122 cm³/mol. The Morgan fingerprint density at radius 1 is 1.00 bits per heavy atom. The number of rotatable bonds is 8. The summed E-state index contributed by atoms with van der Waals surface area (Å²) in [6, 6.07) is 9.98. The molecule has 34 heavy (non-hydrogen) atoms. The molecule has 2 aromatic rings. The molecule has 3 amide bonds. The van der Waals surface area contributed by atoms with Crippen LogP contribution in [-0.4, -0.2) is 75.0 Å². The molecule has 1 N–H and O–H groups in total. The van der Waals surface area contributed by atoms with E-state index >= 15 is 0 Å². The number of methoxy groups -OCH3 is 2. The van der Waals surface area contributed by atoms with Gasteiger partial charge in [-0.3, -0.25) is 19.3 Å². The van der Waals surface area contributed by atoms with Crippen molar-refractivity contribution in [3.63, 3.8) is 0 Å². The second kappa shape index (κ2) is 9.43. The van der Waals surface area contributed by atoms with E-state index in [9.17, 15) is 22.8 Å². The molecule has 0 saturated heterocycles. The molecule has 180 valence electrons. The van der Waals surface area contributed by atoms with E-state index in [0.29, 0.717) is 24.5 Å². The van der Waals surface area contributed by atoms with Crippen LogP contribution in [0.3, 0.4) is 0 Å². The molecule has 0 unspecified atom stereocenters. The van der Waals surface area contributed by atoms with Crippen LogP contribution in [-0.2, 0) is 27.8 Å². The number of fused-ring (bicyclic) bond motifs is 2. The van der Waals surface area contributed by atoms with E-state index in [2.05, 4.69) is 5.32 Å². The van der Waals surface area contributed by atoms with Crippen molar-refractivity contribution in [2.75, 3.05) is 39.6 Å². The van der Waals surface area contributed by atoms with Crippen LogP contribution in [0.2, 0.25) is 0 Å². The van der Waals surface area contributed by atoms with E-state index in [-0.39, 0.29) is 30.0 Å². The molecule has 2 aliphatic rings. The minimum absolute atomic E-state index is 0.139. The zero-order valence-electron chi connectivity index (χ0n) is 18.9. The molecule has 0 fully saturated rings. The van der Waals surface area contributed by atoms with Gasteiger partial charge in [-0.15, -0.1) is 0 Å². The first-order valence-corrected chi connectivity index (χ1v) is 12.3. The third-order valence-corrected chi connectivity index (χ3v) is 7.76. The van der Waals surface area contributed by atoms with Gasteiger partial charge in [0.15, 0.2) is 11.5 Å². The van der Waals surface area contributed by atoms with Crippen LogP contribution in [0, 0.1) is 0 Å². The lowest BCUT2D eigenvalue weighted by Crippen LogP contribution is -2.43. The van der Waals surface area contributed by atoms with Crippen LogP contribution in [0.1, 0.15) is 31.8 Å². The normalized spacial score (nSPS) is 15.6. The molecule has 0 bridgehead atoms. The van der Waals surface area contributed by atoms with Gasteiger partial charge < -0.3 is 14.8 Å². The minimum atomic E-state index is -3.65. The standard InChI is InChI=1S/C23H25N3O7S/c1-32-19-11-15-7-9-25(13-16(15)12-20(19)33-2)34(30,31)10-8-24-21(27)14-26-22(28)17-5-3-4-6-18(17)23(26)29/h3-6,11-12H,7-10,13-14H2,1-2H3,(H,24,27). The van der Waals surface area contributed by atoms with Crippen LogP contribution in [0.15, 0.2) is 36.4 Å². The summed E-state index contributed by atoms with van der Waals surface area (Å²) in [6.07, 6.45) is 0.529. The summed E-state index contributed by atoms with van der Waals surface area (Å²) in [5.41, 5.74) is 2.34. The Balaban J connectivity index is 1.32. The number of amides is 3. The third-order valence-electron chi connectivity index (χ3n) is 5.94. The highest BCUT2D eigenvalue weighted by molar-refractivity contribution is 7.89. The van der Waals surface area contributed by atoms with Gasteiger partial charge in [0, 0.05) is 19.6 Å². The highest BCUT2D eigenvalue weighted by Gasteiger charge is 2.36. The van der Waals surface area contributed by atoms with Gasteiger partial charge in [-0.1, -0.05) is 12.1 Å². The van der Waals surface area contributed by atoms with Crippen molar-refractivity contribution >= 4 is 27.7 Å².